The third-order valence-electron chi connectivity index (χ3n) is 2.57. The molecule has 0 radical (unpaired) electrons. The Morgan fingerprint density at radius 2 is 1.76 bits per heavy atom. The standard InChI is InChI=1S/C13H24N4/c1-4-9-17(10-5-2)13-8-7-12(15-16-13)11-14-6-3/h7-8,14H,4-6,9-11H2,1-3H3. The van der Waals surface area contributed by atoms with E-state index in [1.165, 1.54) is 0 Å². The molecule has 0 spiro atoms. The van der Waals surface area contributed by atoms with Crippen LogP contribution in [-0.4, -0.2) is 29.8 Å². The Morgan fingerprint density at radius 3 is 2.24 bits per heavy atom. The van der Waals surface area contributed by atoms with Crippen molar-refractivity contribution in [3.8, 4) is 0 Å². The molecule has 0 atom stereocenters. The van der Waals surface area contributed by atoms with Crippen LogP contribution in [0.25, 0.3) is 0 Å². The maximum atomic E-state index is 4.31. The molecule has 1 rings (SSSR count). The molecular formula is C13H24N4. The van der Waals surface area contributed by atoms with Crippen molar-refractivity contribution >= 4 is 5.82 Å². The molecule has 1 aromatic heterocycles. The van der Waals surface area contributed by atoms with Gasteiger partial charge < -0.3 is 10.2 Å². The smallest absolute Gasteiger partial charge is 0.151 e. The second-order valence-corrected chi connectivity index (χ2v) is 4.15. The second-order valence-electron chi connectivity index (χ2n) is 4.15. The van der Waals surface area contributed by atoms with Crippen molar-refractivity contribution in [3.05, 3.63) is 17.8 Å². The van der Waals surface area contributed by atoms with Crippen LogP contribution in [0.5, 0.6) is 0 Å². The minimum absolute atomic E-state index is 0.797. The number of nitrogens with one attached hydrogen (secondary N) is 1. The molecule has 0 saturated carbocycles. The summed E-state index contributed by atoms with van der Waals surface area (Å²) in [5, 5.41) is 11.8. The molecule has 1 heterocycles. The molecular weight excluding hydrogens is 212 g/mol. The van der Waals surface area contributed by atoms with Gasteiger partial charge in [0.15, 0.2) is 5.82 Å². The van der Waals surface area contributed by atoms with Crippen LogP contribution in [0.3, 0.4) is 0 Å². The molecule has 0 aliphatic carbocycles. The predicted octanol–water partition coefficient (Wildman–Crippen LogP) is 2.21. The molecule has 0 aliphatic heterocycles. The summed E-state index contributed by atoms with van der Waals surface area (Å²) in [5.41, 5.74) is 1.00. The largest absolute Gasteiger partial charge is 0.355 e. The molecule has 0 fully saturated rings. The van der Waals surface area contributed by atoms with Crippen molar-refractivity contribution in [1.82, 2.24) is 15.5 Å². The zero-order chi connectivity index (χ0) is 12.5. The van der Waals surface area contributed by atoms with Crippen molar-refractivity contribution in [2.24, 2.45) is 0 Å². The zero-order valence-electron chi connectivity index (χ0n) is 11.2. The van der Waals surface area contributed by atoms with Crippen LogP contribution in [0.4, 0.5) is 5.82 Å². The molecule has 17 heavy (non-hydrogen) atoms. The number of nitrogens with zero attached hydrogens (tertiary/aromatic N) is 3. The average Bonchev–Trinajstić information content (AvgIpc) is 2.37. The van der Waals surface area contributed by atoms with E-state index in [4.69, 9.17) is 0 Å². The predicted molar refractivity (Wildman–Crippen MR) is 72.2 cm³/mol. The number of aromatic nitrogens is 2. The first-order chi connectivity index (χ1) is 8.31. The van der Waals surface area contributed by atoms with Crippen LogP contribution < -0.4 is 10.2 Å². The van der Waals surface area contributed by atoms with Gasteiger partial charge in [0.1, 0.15) is 0 Å². The van der Waals surface area contributed by atoms with E-state index in [0.29, 0.717) is 0 Å². The van der Waals surface area contributed by atoms with E-state index in [-0.39, 0.29) is 0 Å². The molecule has 1 aromatic rings. The lowest BCUT2D eigenvalue weighted by molar-refractivity contribution is 0.687. The van der Waals surface area contributed by atoms with Crippen molar-refractivity contribution in [2.75, 3.05) is 24.5 Å². The Hall–Kier alpha value is -1.16. The highest BCUT2D eigenvalue weighted by molar-refractivity contribution is 5.37. The Labute approximate surface area is 104 Å². The van der Waals surface area contributed by atoms with E-state index in [2.05, 4.69) is 53.3 Å². The van der Waals surface area contributed by atoms with Crippen LogP contribution >= 0.6 is 0 Å². The van der Waals surface area contributed by atoms with Crippen molar-refractivity contribution in [1.29, 1.82) is 0 Å². The summed E-state index contributed by atoms with van der Waals surface area (Å²) in [4.78, 5) is 2.30. The maximum Gasteiger partial charge on any atom is 0.151 e. The molecule has 0 bridgehead atoms. The Balaban J connectivity index is 2.63. The fourth-order valence-electron chi connectivity index (χ4n) is 1.75. The van der Waals surface area contributed by atoms with Crippen molar-refractivity contribution < 1.29 is 0 Å². The normalized spacial score (nSPS) is 10.5. The maximum absolute atomic E-state index is 4.31. The van der Waals surface area contributed by atoms with Gasteiger partial charge in [-0.1, -0.05) is 20.8 Å². The van der Waals surface area contributed by atoms with E-state index in [0.717, 1.165) is 50.5 Å². The van der Waals surface area contributed by atoms with Crippen LogP contribution in [0.15, 0.2) is 12.1 Å². The highest BCUT2D eigenvalue weighted by Crippen LogP contribution is 2.10. The lowest BCUT2D eigenvalue weighted by atomic mass is 10.3. The van der Waals surface area contributed by atoms with Gasteiger partial charge in [-0.25, -0.2) is 0 Å². The molecule has 0 aromatic carbocycles. The van der Waals surface area contributed by atoms with Gasteiger partial charge in [-0.3, -0.25) is 0 Å². The highest BCUT2D eigenvalue weighted by atomic mass is 15.3. The summed E-state index contributed by atoms with van der Waals surface area (Å²) in [6.45, 7) is 10.3. The molecule has 4 nitrogen and oxygen atoms in total. The molecule has 0 unspecified atom stereocenters. The summed E-state index contributed by atoms with van der Waals surface area (Å²) in [6, 6.07) is 4.13. The van der Waals surface area contributed by atoms with Crippen molar-refractivity contribution in [2.45, 2.75) is 40.2 Å². The average molecular weight is 236 g/mol. The SMILES string of the molecule is CCCN(CCC)c1ccc(CNCC)nn1. The minimum Gasteiger partial charge on any atom is -0.355 e. The molecule has 0 amide bonds. The molecule has 1 N–H and O–H groups in total. The third-order valence-corrected chi connectivity index (χ3v) is 2.57. The molecule has 4 heteroatoms. The van der Waals surface area contributed by atoms with E-state index in [1.807, 2.05) is 0 Å². The Morgan fingerprint density at radius 1 is 1.06 bits per heavy atom. The van der Waals surface area contributed by atoms with E-state index in [1.54, 1.807) is 0 Å². The molecule has 0 saturated heterocycles. The first kappa shape index (κ1) is 13.9. The van der Waals surface area contributed by atoms with E-state index in [9.17, 15) is 0 Å². The first-order valence-corrected chi connectivity index (χ1v) is 6.60. The van der Waals surface area contributed by atoms with E-state index >= 15 is 0 Å². The third kappa shape index (κ3) is 4.69. The first-order valence-electron chi connectivity index (χ1n) is 6.60. The van der Waals surface area contributed by atoms with Crippen molar-refractivity contribution in [3.63, 3.8) is 0 Å². The number of hydrogen-bond donors (Lipinski definition) is 1. The topological polar surface area (TPSA) is 41.0 Å². The summed E-state index contributed by atoms with van der Waals surface area (Å²) in [6.07, 6.45) is 2.28. The van der Waals surface area contributed by atoms with Crippen LogP contribution in [0.2, 0.25) is 0 Å². The zero-order valence-corrected chi connectivity index (χ0v) is 11.2. The van der Waals surface area contributed by atoms with E-state index < -0.39 is 0 Å². The minimum atomic E-state index is 0.797. The number of hydrogen-bond acceptors (Lipinski definition) is 4. The summed E-state index contributed by atoms with van der Waals surface area (Å²) < 4.78 is 0. The van der Waals surface area contributed by atoms with Gasteiger partial charge in [0, 0.05) is 19.6 Å². The quantitative estimate of drug-likeness (QED) is 0.751. The summed E-state index contributed by atoms with van der Waals surface area (Å²) >= 11 is 0. The second kappa shape index (κ2) is 8.01. The van der Waals surface area contributed by atoms with Crippen LogP contribution in [0, 0.1) is 0 Å². The van der Waals surface area contributed by atoms with Gasteiger partial charge >= 0.3 is 0 Å². The van der Waals surface area contributed by atoms with Crippen LogP contribution in [0.1, 0.15) is 39.3 Å². The molecule has 96 valence electrons. The number of anilines is 1. The summed E-state index contributed by atoms with van der Waals surface area (Å²) in [5.74, 6) is 0.994. The van der Waals surface area contributed by atoms with Gasteiger partial charge in [0.05, 0.1) is 5.69 Å². The Bertz CT molecular complexity index is 291. The van der Waals surface area contributed by atoms with Gasteiger partial charge in [0.2, 0.25) is 0 Å². The lowest BCUT2D eigenvalue weighted by Gasteiger charge is -2.21. The summed E-state index contributed by atoms with van der Waals surface area (Å²) in [7, 11) is 0. The lowest BCUT2D eigenvalue weighted by Crippen LogP contribution is -2.26. The van der Waals surface area contributed by atoms with Gasteiger partial charge in [-0.15, -0.1) is 5.10 Å². The number of rotatable bonds is 8. The van der Waals surface area contributed by atoms with Crippen LogP contribution in [-0.2, 0) is 6.54 Å². The Kier molecular flexibility index (Phi) is 6.55. The fourth-order valence-corrected chi connectivity index (χ4v) is 1.75. The van der Waals surface area contributed by atoms with Gasteiger partial charge in [-0.2, -0.15) is 5.10 Å². The van der Waals surface area contributed by atoms with Gasteiger partial charge in [-0.05, 0) is 31.5 Å². The fraction of sp³-hybridized carbons (Fsp3) is 0.692. The monoisotopic (exact) mass is 236 g/mol. The van der Waals surface area contributed by atoms with Gasteiger partial charge in [0.25, 0.3) is 0 Å². The highest BCUT2D eigenvalue weighted by Gasteiger charge is 2.06. The molecule has 0 aliphatic rings.